The predicted octanol–water partition coefficient (Wildman–Crippen LogP) is 4.71. The van der Waals surface area contributed by atoms with Crippen LogP contribution in [0.1, 0.15) is 30.4 Å². The molecule has 0 unspecified atom stereocenters. The Bertz CT molecular complexity index is 649. The van der Waals surface area contributed by atoms with Crippen molar-refractivity contribution in [1.82, 2.24) is 10.2 Å². The average molecular weight is 320 g/mol. The summed E-state index contributed by atoms with van der Waals surface area (Å²) in [6.45, 7) is 10.9. The van der Waals surface area contributed by atoms with Gasteiger partial charge in [-0.1, -0.05) is 67.1 Å². The van der Waals surface area contributed by atoms with Crippen LogP contribution in [0.3, 0.4) is 0 Å². The Morgan fingerprint density at radius 2 is 1.50 bits per heavy atom. The normalized spacial score (nSPS) is 15.2. The molecule has 0 saturated carbocycles. The summed E-state index contributed by atoms with van der Waals surface area (Å²) in [4.78, 5) is 2.55. The second kappa shape index (κ2) is 8.16. The van der Waals surface area contributed by atoms with E-state index in [1.807, 2.05) is 0 Å². The molecule has 1 heterocycles. The van der Waals surface area contributed by atoms with E-state index in [1.165, 1.54) is 54.6 Å². The summed E-state index contributed by atoms with van der Waals surface area (Å²) in [6.07, 6.45) is 4.09. The third-order valence-electron chi connectivity index (χ3n) is 4.83. The van der Waals surface area contributed by atoms with Gasteiger partial charge in [-0.25, -0.2) is 0 Å². The Hall–Kier alpha value is -2.06. The fourth-order valence-electron chi connectivity index (χ4n) is 3.26. The molecule has 2 nitrogen and oxygen atoms in total. The minimum Gasteiger partial charge on any atom is -0.384 e. The van der Waals surface area contributed by atoms with E-state index in [-0.39, 0.29) is 0 Å². The van der Waals surface area contributed by atoms with Crippen molar-refractivity contribution in [2.24, 2.45) is 0 Å². The van der Waals surface area contributed by atoms with Crippen LogP contribution >= 0.6 is 0 Å². The van der Waals surface area contributed by atoms with Crippen LogP contribution in [-0.2, 0) is 0 Å². The Morgan fingerprint density at radius 3 is 2.12 bits per heavy atom. The first-order valence-electron chi connectivity index (χ1n) is 9.05. The molecule has 0 bridgehead atoms. The number of hydrogen-bond donors (Lipinski definition) is 1. The zero-order valence-corrected chi connectivity index (χ0v) is 14.7. The second-order valence-corrected chi connectivity index (χ2v) is 6.75. The number of piperidine rings is 1. The van der Waals surface area contributed by atoms with Crippen molar-refractivity contribution in [1.29, 1.82) is 0 Å². The summed E-state index contributed by atoms with van der Waals surface area (Å²) in [5.41, 5.74) is 5.99. The van der Waals surface area contributed by atoms with Gasteiger partial charge in [-0.15, -0.1) is 0 Å². The van der Waals surface area contributed by atoms with E-state index in [0.717, 1.165) is 18.8 Å². The van der Waals surface area contributed by atoms with Crippen molar-refractivity contribution in [3.05, 3.63) is 66.2 Å². The van der Waals surface area contributed by atoms with Crippen LogP contribution in [0.15, 0.2) is 55.1 Å². The van der Waals surface area contributed by atoms with Crippen molar-refractivity contribution < 1.29 is 0 Å². The summed E-state index contributed by atoms with van der Waals surface area (Å²) in [6, 6.07) is 17.3. The number of likely N-dealkylation sites (tertiary alicyclic amines) is 1. The summed E-state index contributed by atoms with van der Waals surface area (Å²) < 4.78 is 0. The molecule has 1 fully saturated rings. The number of nitrogens with one attached hydrogen (secondary N) is 1. The Kier molecular flexibility index (Phi) is 5.71. The lowest BCUT2D eigenvalue weighted by molar-refractivity contribution is 0.232. The summed E-state index contributed by atoms with van der Waals surface area (Å²) in [7, 11) is 0. The molecule has 0 aromatic heterocycles. The summed E-state index contributed by atoms with van der Waals surface area (Å²) in [5, 5.41) is 3.48. The second-order valence-electron chi connectivity index (χ2n) is 6.75. The van der Waals surface area contributed by atoms with Crippen molar-refractivity contribution in [2.75, 3.05) is 26.2 Å². The minimum absolute atomic E-state index is 0.971. The Labute approximate surface area is 146 Å². The SMILES string of the molecule is C=C(NCCN1CCCCC1)c1ccc(-c2ccc(C)cc2)cc1. The Morgan fingerprint density at radius 1 is 0.917 bits per heavy atom. The van der Waals surface area contributed by atoms with E-state index in [4.69, 9.17) is 0 Å². The molecular formula is C22H28N2. The van der Waals surface area contributed by atoms with E-state index in [9.17, 15) is 0 Å². The molecule has 2 heteroatoms. The van der Waals surface area contributed by atoms with E-state index in [0.29, 0.717) is 0 Å². The topological polar surface area (TPSA) is 15.3 Å². The molecule has 1 aliphatic heterocycles. The molecule has 2 aromatic carbocycles. The molecule has 0 amide bonds. The van der Waals surface area contributed by atoms with Crippen LogP contribution in [-0.4, -0.2) is 31.1 Å². The van der Waals surface area contributed by atoms with E-state index < -0.39 is 0 Å². The first kappa shape index (κ1) is 16.8. The van der Waals surface area contributed by atoms with Gasteiger partial charge in [0.15, 0.2) is 0 Å². The first-order valence-corrected chi connectivity index (χ1v) is 9.05. The van der Waals surface area contributed by atoms with Crippen LogP contribution < -0.4 is 5.32 Å². The summed E-state index contributed by atoms with van der Waals surface area (Å²) >= 11 is 0. The van der Waals surface area contributed by atoms with Crippen LogP contribution in [0.2, 0.25) is 0 Å². The van der Waals surface area contributed by atoms with Crippen molar-refractivity contribution in [3.63, 3.8) is 0 Å². The monoisotopic (exact) mass is 320 g/mol. The molecule has 2 aromatic rings. The van der Waals surface area contributed by atoms with Gasteiger partial charge in [0.05, 0.1) is 0 Å². The third kappa shape index (κ3) is 4.48. The van der Waals surface area contributed by atoms with Gasteiger partial charge in [0, 0.05) is 18.8 Å². The Balaban J connectivity index is 1.52. The van der Waals surface area contributed by atoms with E-state index in [2.05, 4.69) is 72.3 Å². The van der Waals surface area contributed by atoms with Crippen molar-refractivity contribution >= 4 is 5.70 Å². The highest BCUT2D eigenvalue weighted by Crippen LogP contribution is 2.21. The molecule has 1 aliphatic rings. The quantitative estimate of drug-likeness (QED) is 0.829. The number of rotatable bonds is 6. The summed E-state index contributed by atoms with van der Waals surface area (Å²) in [5.74, 6) is 0. The highest BCUT2D eigenvalue weighted by Gasteiger charge is 2.09. The van der Waals surface area contributed by atoms with Gasteiger partial charge < -0.3 is 10.2 Å². The maximum absolute atomic E-state index is 4.19. The van der Waals surface area contributed by atoms with Crippen LogP contribution in [0.5, 0.6) is 0 Å². The minimum atomic E-state index is 0.971. The van der Waals surface area contributed by atoms with Gasteiger partial charge in [0.2, 0.25) is 0 Å². The molecular weight excluding hydrogens is 292 g/mol. The van der Waals surface area contributed by atoms with Crippen LogP contribution in [0.25, 0.3) is 16.8 Å². The molecule has 0 spiro atoms. The van der Waals surface area contributed by atoms with Gasteiger partial charge in [0.25, 0.3) is 0 Å². The maximum Gasteiger partial charge on any atom is 0.0341 e. The molecule has 1 saturated heterocycles. The fourth-order valence-corrected chi connectivity index (χ4v) is 3.26. The van der Waals surface area contributed by atoms with Crippen molar-refractivity contribution in [3.8, 4) is 11.1 Å². The van der Waals surface area contributed by atoms with Gasteiger partial charge in [0.1, 0.15) is 0 Å². The number of aryl methyl sites for hydroxylation is 1. The molecule has 1 N–H and O–H groups in total. The zero-order valence-electron chi connectivity index (χ0n) is 14.7. The molecule has 0 radical (unpaired) electrons. The number of nitrogens with zero attached hydrogens (tertiary/aromatic N) is 1. The average Bonchev–Trinajstić information content (AvgIpc) is 2.63. The molecule has 126 valence electrons. The predicted molar refractivity (Wildman–Crippen MR) is 104 cm³/mol. The molecule has 0 atom stereocenters. The lowest BCUT2D eigenvalue weighted by atomic mass is 10.0. The van der Waals surface area contributed by atoms with Crippen LogP contribution in [0.4, 0.5) is 0 Å². The largest absolute Gasteiger partial charge is 0.384 e. The van der Waals surface area contributed by atoms with Gasteiger partial charge in [-0.3, -0.25) is 0 Å². The highest BCUT2D eigenvalue weighted by molar-refractivity contribution is 5.68. The number of benzene rings is 2. The highest BCUT2D eigenvalue weighted by atomic mass is 15.1. The van der Waals surface area contributed by atoms with Gasteiger partial charge >= 0.3 is 0 Å². The van der Waals surface area contributed by atoms with E-state index in [1.54, 1.807) is 0 Å². The fraction of sp³-hybridized carbons (Fsp3) is 0.364. The lowest BCUT2D eigenvalue weighted by Crippen LogP contribution is -2.35. The molecule has 24 heavy (non-hydrogen) atoms. The van der Waals surface area contributed by atoms with Crippen molar-refractivity contribution in [2.45, 2.75) is 26.2 Å². The molecule has 3 rings (SSSR count). The maximum atomic E-state index is 4.19. The van der Waals surface area contributed by atoms with Crippen LogP contribution in [0, 0.1) is 6.92 Å². The first-order chi connectivity index (χ1) is 11.7. The standard InChI is InChI=1S/C22H28N2/c1-18-6-8-21(9-7-18)22-12-10-20(11-13-22)19(2)23-14-17-24-15-4-3-5-16-24/h6-13,23H,2-5,14-17H2,1H3. The number of hydrogen-bond acceptors (Lipinski definition) is 2. The van der Waals surface area contributed by atoms with Gasteiger partial charge in [-0.05, 0) is 49.5 Å². The zero-order chi connectivity index (χ0) is 16.8. The lowest BCUT2D eigenvalue weighted by Gasteiger charge is -2.26. The molecule has 0 aliphatic carbocycles. The van der Waals surface area contributed by atoms with Gasteiger partial charge in [-0.2, -0.15) is 0 Å². The smallest absolute Gasteiger partial charge is 0.0341 e. The van der Waals surface area contributed by atoms with E-state index >= 15 is 0 Å². The third-order valence-corrected chi connectivity index (χ3v) is 4.83.